The van der Waals surface area contributed by atoms with Crippen molar-refractivity contribution in [1.82, 2.24) is 25.6 Å². The molecule has 4 N–H and O–H groups in total. The van der Waals surface area contributed by atoms with E-state index in [0.29, 0.717) is 0 Å². The van der Waals surface area contributed by atoms with Gasteiger partial charge in [-0.3, -0.25) is 9.59 Å². The molecular weight excluding hydrogens is 260 g/mol. The van der Waals surface area contributed by atoms with Gasteiger partial charge in [0.05, 0.1) is 12.2 Å². The molecule has 2 heterocycles. The van der Waals surface area contributed by atoms with Gasteiger partial charge in [-0.1, -0.05) is 5.21 Å². The second kappa shape index (κ2) is 6.47. The van der Waals surface area contributed by atoms with Gasteiger partial charge >= 0.3 is 0 Å². The van der Waals surface area contributed by atoms with Gasteiger partial charge in [0.15, 0.2) is 5.69 Å². The van der Waals surface area contributed by atoms with Crippen LogP contribution in [0.2, 0.25) is 0 Å². The van der Waals surface area contributed by atoms with Crippen molar-refractivity contribution in [2.24, 2.45) is 5.73 Å². The van der Waals surface area contributed by atoms with Crippen LogP contribution >= 0.6 is 0 Å². The third-order valence-electron chi connectivity index (χ3n) is 3.31. The number of hydrogen-bond donors (Lipinski definition) is 3. The van der Waals surface area contributed by atoms with Gasteiger partial charge in [-0.2, -0.15) is 0 Å². The lowest BCUT2D eigenvalue weighted by Gasteiger charge is -2.22. The summed E-state index contributed by atoms with van der Waals surface area (Å²) in [6, 6.07) is -0.0302. The summed E-state index contributed by atoms with van der Waals surface area (Å²) >= 11 is 0. The fourth-order valence-electron chi connectivity index (χ4n) is 2.28. The molecular formula is C12H20N6O2. The van der Waals surface area contributed by atoms with E-state index in [9.17, 15) is 9.59 Å². The van der Waals surface area contributed by atoms with Crippen LogP contribution < -0.4 is 16.4 Å². The molecule has 2 amide bonds. The first kappa shape index (κ1) is 14.4. The molecule has 1 unspecified atom stereocenters. The summed E-state index contributed by atoms with van der Waals surface area (Å²) in [7, 11) is 0. The van der Waals surface area contributed by atoms with Crippen LogP contribution in [0.3, 0.4) is 0 Å². The quantitative estimate of drug-likeness (QED) is 0.653. The molecule has 1 aromatic rings. The van der Waals surface area contributed by atoms with Gasteiger partial charge < -0.3 is 16.4 Å². The van der Waals surface area contributed by atoms with Crippen LogP contribution in [0.15, 0.2) is 6.20 Å². The lowest BCUT2D eigenvalue weighted by atomic mass is 10.1. The zero-order valence-electron chi connectivity index (χ0n) is 11.5. The molecule has 0 bridgehead atoms. The van der Waals surface area contributed by atoms with E-state index in [4.69, 9.17) is 5.73 Å². The highest BCUT2D eigenvalue weighted by molar-refractivity contribution is 5.92. The predicted octanol–water partition coefficient (Wildman–Crippen LogP) is -0.804. The van der Waals surface area contributed by atoms with E-state index in [2.05, 4.69) is 20.9 Å². The smallest absolute Gasteiger partial charge is 0.273 e. The molecule has 110 valence electrons. The van der Waals surface area contributed by atoms with Crippen LogP contribution in [-0.4, -0.2) is 45.9 Å². The average molecular weight is 280 g/mol. The van der Waals surface area contributed by atoms with Crippen molar-refractivity contribution in [3.05, 3.63) is 11.9 Å². The fourth-order valence-corrected chi connectivity index (χ4v) is 2.28. The van der Waals surface area contributed by atoms with Gasteiger partial charge in [0.25, 0.3) is 5.91 Å². The SMILES string of the molecule is CC(CC(N)=O)NC(=O)c1cn(C2CCNCC2)nn1. The van der Waals surface area contributed by atoms with E-state index in [0.717, 1.165) is 25.9 Å². The van der Waals surface area contributed by atoms with E-state index >= 15 is 0 Å². The van der Waals surface area contributed by atoms with Gasteiger partial charge in [-0.15, -0.1) is 5.10 Å². The lowest BCUT2D eigenvalue weighted by molar-refractivity contribution is -0.118. The average Bonchev–Trinajstić information content (AvgIpc) is 2.88. The second-order valence-corrected chi connectivity index (χ2v) is 5.11. The second-order valence-electron chi connectivity index (χ2n) is 5.11. The molecule has 0 radical (unpaired) electrons. The minimum Gasteiger partial charge on any atom is -0.370 e. The van der Waals surface area contributed by atoms with Crippen molar-refractivity contribution >= 4 is 11.8 Å². The maximum absolute atomic E-state index is 11.9. The minimum absolute atomic E-state index is 0.105. The molecule has 0 aromatic carbocycles. The first-order valence-electron chi connectivity index (χ1n) is 6.78. The number of aromatic nitrogens is 3. The Morgan fingerprint density at radius 2 is 2.25 bits per heavy atom. The highest BCUT2D eigenvalue weighted by atomic mass is 16.2. The Balaban J connectivity index is 1.93. The molecule has 8 nitrogen and oxygen atoms in total. The Bertz CT molecular complexity index is 480. The Morgan fingerprint density at radius 3 is 2.90 bits per heavy atom. The molecule has 2 rings (SSSR count). The molecule has 1 aliphatic heterocycles. The summed E-state index contributed by atoms with van der Waals surface area (Å²) in [4.78, 5) is 22.7. The van der Waals surface area contributed by atoms with Crippen LogP contribution in [0.1, 0.15) is 42.7 Å². The Kier molecular flexibility index (Phi) is 4.67. The first-order valence-corrected chi connectivity index (χ1v) is 6.78. The molecule has 1 atom stereocenters. The third kappa shape index (κ3) is 3.77. The van der Waals surface area contributed by atoms with Crippen LogP contribution in [0.5, 0.6) is 0 Å². The van der Waals surface area contributed by atoms with Crippen molar-refractivity contribution in [3.8, 4) is 0 Å². The zero-order chi connectivity index (χ0) is 14.5. The van der Waals surface area contributed by atoms with Gasteiger partial charge in [-0.05, 0) is 32.9 Å². The number of amides is 2. The number of nitrogens with one attached hydrogen (secondary N) is 2. The molecule has 0 aliphatic carbocycles. The largest absolute Gasteiger partial charge is 0.370 e. The third-order valence-corrected chi connectivity index (χ3v) is 3.31. The Morgan fingerprint density at radius 1 is 1.55 bits per heavy atom. The molecule has 20 heavy (non-hydrogen) atoms. The van der Waals surface area contributed by atoms with Crippen LogP contribution in [0.25, 0.3) is 0 Å². The van der Waals surface area contributed by atoms with Crippen LogP contribution in [-0.2, 0) is 4.79 Å². The Labute approximate surface area is 117 Å². The van der Waals surface area contributed by atoms with Crippen LogP contribution in [0, 0.1) is 0 Å². The molecule has 1 fully saturated rings. The topological polar surface area (TPSA) is 115 Å². The number of piperidine rings is 1. The maximum atomic E-state index is 11.9. The molecule has 8 heteroatoms. The standard InChI is InChI=1S/C12H20N6O2/c1-8(6-11(13)19)15-12(20)10-7-18(17-16-10)9-2-4-14-5-3-9/h7-9,14H,2-6H2,1H3,(H2,13,19)(H,15,20). The number of carbonyl (C=O) groups is 2. The lowest BCUT2D eigenvalue weighted by Crippen LogP contribution is -2.35. The molecule has 1 saturated heterocycles. The molecule has 1 aromatic heterocycles. The highest BCUT2D eigenvalue weighted by Crippen LogP contribution is 2.16. The van der Waals surface area contributed by atoms with Gasteiger partial charge in [0, 0.05) is 12.5 Å². The summed E-state index contributed by atoms with van der Waals surface area (Å²) in [5, 5.41) is 13.9. The van der Waals surface area contributed by atoms with Crippen molar-refractivity contribution in [3.63, 3.8) is 0 Å². The summed E-state index contributed by atoms with van der Waals surface area (Å²) in [6.45, 7) is 3.61. The molecule has 0 spiro atoms. The first-order chi connectivity index (χ1) is 9.56. The Hall–Kier alpha value is -1.96. The maximum Gasteiger partial charge on any atom is 0.273 e. The highest BCUT2D eigenvalue weighted by Gasteiger charge is 2.19. The predicted molar refractivity (Wildman–Crippen MR) is 71.9 cm³/mol. The van der Waals surface area contributed by atoms with E-state index < -0.39 is 5.91 Å². The van der Waals surface area contributed by atoms with E-state index in [1.54, 1.807) is 17.8 Å². The number of hydrogen-bond acceptors (Lipinski definition) is 5. The van der Waals surface area contributed by atoms with E-state index in [1.165, 1.54) is 0 Å². The summed E-state index contributed by atoms with van der Waals surface area (Å²) < 4.78 is 1.74. The van der Waals surface area contributed by atoms with Crippen molar-refractivity contribution in [1.29, 1.82) is 0 Å². The minimum atomic E-state index is -0.448. The number of nitrogens with two attached hydrogens (primary N) is 1. The van der Waals surface area contributed by atoms with Crippen molar-refractivity contribution < 1.29 is 9.59 Å². The number of carbonyl (C=O) groups excluding carboxylic acids is 2. The van der Waals surface area contributed by atoms with Crippen molar-refractivity contribution in [2.45, 2.75) is 38.3 Å². The summed E-state index contributed by atoms with van der Waals surface area (Å²) in [5.74, 6) is -0.782. The van der Waals surface area contributed by atoms with Gasteiger partial charge in [0.2, 0.25) is 5.91 Å². The normalized spacial score (nSPS) is 17.6. The van der Waals surface area contributed by atoms with Gasteiger partial charge in [0.1, 0.15) is 0 Å². The number of rotatable bonds is 5. The summed E-state index contributed by atoms with van der Waals surface area (Å²) in [5.41, 5.74) is 5.34. The molecule has 0 saturated carbocycles. The van der Waals surface area contributed by atoms with E-state index in [-0.39, 0.29) is 30.1 Å². The molecule has 1 aliphatic rings. The number of primary amides is 1. The van der Waals surface area contributed by atoms with Crippen LogP contribution in [0.4, 0.5) is 0 Å². The van der Waals surface area contributed by atoms with Gasteiger partial charge in [-0.25, -0.2) is 4.68 Å². The van der Waals surface area contributed by atoms with E-state index in [1.807, 2.05) is 0 Å². The monoisotopic (exact) mass is 280 g/mol. The summed E-state index contributed by atoms with van der Waals surface area (Å²) in [6.07, 6.45) is 3.71. The number of nitrogens with zero attached hydrogens (tertiary/aromatic N) is 3. The fraction of sp³-hybridized carbons (Fsp3) is 0.667. The van der Waals surface area contributed by atoms with Crippen molar-refractivity contribution in [2.75, 3.05) is 13.1 Å². The zero-order valence-corrected chi connectivity index (χ0v) is 11.5.